The first-order chi connectivity index (χ1) is 12.6. The van der Waals surface area contributed by atoms with Crippen LogP contribution < -0.4 is 15.4 Å². The minimum Gasteiger partial charge on any atom is -0.484 e. The Bertz CT molecular complexity index is 600. The number of likely N-dealkylation sites (tertiary alicyclic amines) is 1. The van der Waals surface area contributed by atoms with Crippen molar-refractivity contribution < 1.29 is 14.3 Å². The third-order valence-corrected chi connectivity index (χ3v) is 5.29. The van der Waals surface area contributed by atoms with E-state index in [0.717, 1.165) is 32.2 Å². The van der Waals surface area contributed by atoms with Gasteiger partial charge in [0, 0.05) is 31.1 Å². The van der Waals surface area contributed by atoms with E-state index in [1.807, 2.05) is 30.3 Å². The first-order valence-electron chi connectivity index (χ1n) is 9.61. The Balaban J connectivity index is 1.39. The lowest BCUT2D eigenvalue weighted by molar-refractivity contribution is -0.137. The Morgan fingerprint density at radius 1 is 1.19 bits per heavy atom. The summed E-state index contributed by atoms with van der Waals surface area (Å²) in [5.74, 6) is 0.849. The SMILES string of the molecule is CC1CC(NC(=O)C2CCN(C(=O)COc3ccccc3)CC2)CCN1. The maximum absolute atomic E-state index is 12.5. The van der Waals surface area contributed by atoms with Crippen molar-refractivity contribution in [1.82, 2.24) is 15.5 Å². The van der Waals surface area contributed by atoms with Crippen LogP contribution in [0.3, 0.4) is 0 Å². The van der Waals surface area contributed by atoms with Gasteiger partial charge in [-0.1, -0.05) is 18.2 Å². The minimum absolute atomic E-state index is 0.0132. The maximum Gasteiger partial charge on any atom is 0.260 e. The van der Waals surface area contributed by atoms with Gasteiger partial charge < -0.3 is 20.3 Å². The first kappa shape index (κ1) is 18.7. The molecule has 2 N–H and O–H groups in total. The highest BCUT2D eigenvalue weighted by atomic mass is 16.5. The third kappa shape index (κ3) is 5.21. The van der Waals surface area contributed by atoms with Crippen molar-refractivity contribution >= 4 is 11.8 Å². The van der Waals surface area contributed by atoms with Crippen molar-refractivity contribution in [3.63, 3.8) is 0 Å². The number of carbonyl (C=O) groups excluding carboxylic acids is 2. The molecule has 1 aromatic carbocycles. The van der Waals surface area contributed by atoms with Crippen LogP contribution in [-0.2, 0) is 9.59 Å². The number of hydrogen-bond acceptors (Lipinski definition) is 4. The molecule has 0 saturated carbocycles. The Kier molecular flexibility index (Phi) is 6.50. The van der Waals surface area contributed by atoms with Gasteiger partial charge in [-0.25, -0.2) is 0 Å². The van der Waals surface area contributed by atoms with E-state index in [9.17, 15) is 9.59 Å². The van der Waals surface area contributed by atoms with Crippen LogP contribution in [0.15, 0.2) is 30.3 Å². The number of para-hydroxylation sites is 1. The largest absolute Gasteiger partial charge is 0.484 e. The van der Waals surface area contributed by atoms with Gasteiger partial charge in [-0.3, -0.25) is 9.59 Å². The predicted octanol–water partition coefficient (Wildman–Crippen LogP) is 1.56. The summed E-state index contributed by atoms with van der Waals surface area (Å²) in [7, 11) is 0. The van der Waals surface area contributed by atoms with Crippen molar-refractivity contribution in [1.29, 1.82) is 0 Å². The van der Waals surface area contributed by atoms with Gasteiger partial charge in [0.1, 0.15) is 5.75 Å². The topological polar surface area (TPSA) is 70.7 Å². The molecule has 0 radical (unpaired) electrons. The van der Waals surface area contributed by atoms with Crippen LogP contribution in [0, 0.1) is 5.92 Å². The molecule has 0 spiro atoms. The predicted molar refractivity (Wildman–Crippen MR) is 99.9 cm³/mol. The summed E-state index contributed by atoms with van der Waals surface area (Å²) in [5, 5.41) is 6.60. The van der Waals surface area contributed by atoms with Gasteiger partial charge in [-0.05, 0) is 51.3 Å². The van der Waals surface area contributed by atoms with Gasteiger partial charge >= 0.3 is 0 Å². The molecule has 26 heavy (non-hydrogen) atoms. The van der Waals surface area contributed by atoms with Gasteiger partial charge in [0.25, 0.3) is 5.91 Å². The van der Waals surface area contributed by atoms with Crippen LogP contribution >= 0.6 is 0 Å². The van der Waals surface area contributed by atoms with E-state index in [0.29, 0.717) is 24.9 Å². The number of rotatable bonds is 5. The molecule has 1 aromatic rings. The van der Waals surface area contributed by atoms with Crippen LogP contribution in [0.25, 0.3) is 0 Å². The number of carbonyl (C=O) groups is 2. The van der Waals surface area contributed by atoms with Crippen molar-refractivity contribution in [2.75, 3.05) is 26.2 Å². The standard InChI is InChI=1S/C20H29N3O3/c1-15-13-17(7-10-21-15)22-20(25)16-8-11-23(12-9-16)19(24)14-26-18-5-3-2-4-6-18/h2-6,15-17,21H,7-14H2,1H3,(H,22,25). The number of piperidine rings is 2. The fraction of sp³-hybridized carbons (Fsp3) is 0.600. The number of hydrogen-bond donors (Lipinski definition) is 2. The molecule has 2 heterocycles. The van der Waals surface area contributed by atoms with Gasteiger partial charge in [-0.2, -0.15) is 0 Å². The molecule has 2 aliphatic heterocycles. The lowest BCUT2D eigenvalue weighted by Gasteiger charge is -2.33. The van der Waals surface area contributed by atoms with E-state index in [-0.39, 0.29) is 30.4 Å². The number of nitrogens with zero attached hydrogens (tertiary/aromatic N) is 1. The monoisotopic (exact) mass is 359 g/mol. The van der Waals surface area contributed by atoms with Gasteiger partial charge in [0.15, 0.2) is 6.61 Å². The van der Waals surface area contributed by atoms with Crippen molar-refractivity contribution in [2.24, 2.45) is 5.92 Å². The molecule has 2 fully saturated rings. The summed E-state index contributed by atoms with van der Waals surface area (Å²) >= 11 is 0. The van der Waals surface area contributed by atoms with E-state index in [1.54, 1.807) is 4.90 Å². The number of nitrogens with one attached hydrogen (secondary N) is 2. The van der Waals surface area contributed by atoms with E-state index in [2.05, 4.69) is 17.6 Å². The molecule has 6 nitrogen and oxygen atoms in total. The second-order valence-corrected chi connectivity index (χ2v) is 7.34. The summed E-state index contributed by atoms with van der Waals surface area (Å²) in [4.78, 5) is 26.6. The molecule has 3 rings (SSSR count). The number of benzene rings is 1. The van der Waals surface area contributed by atoms with Crippen molar-refractivity contribution in [2.45, 2.75) is 44.7 Å². The highest BCUT2D eigenvalue weighted by Gasteiger charge is 2.29. The highest BCUT2D eigenvalue weighted by molar-refractivity contribution is 5.80. The average Bonchev–Trinajstić information content (AvgIpc) is 2.67. The zero-order valence-electron chi connectivity index (χ0n) is 15.4. The molecule has 2 unspecified atom stereocenters. The van der Waals surface area contributed by atoms with Gasteiger partial charge in [-0.15, -0.1) is 0 Å². The second kappa shape index (κ2) is 9.03. The Hall–Kier alpha value is -2.08. The van der Waals surface area contributed by atoms with Crippen LogP contribution in [0.2, 0.25) is 0 Å². The molecular weight excluding hydrogens is 330 g/mol. The summed E-state index contributed by atoms with van der Waals surface area (Å²) in [5.41, 5.74) is 0. The van der Waals surface area contributed by atoms with Crippen LogP contribution in [0.5, 0.6) is 5.75 Å². The molecule has 2 atom stereocenters. The summed E-state index contributed by atoms with van der Waals surface area (Å²) in [6, 6.07) is 10.1. The minimum atomic E-state index is -0.0140. The average molecular weight is 359 g/mol. The lowest BCUT2D eigenvalue weighted by atomic mass is 9.94. The van der Waals surface area contributed by atoms with Crippen LogP contribution in [-0.4, -0.2) is 55.0 Å². The number of ether oxygens (including phenoxy) is 1. The van der Waals surface area contributed by atoms with Crippen LogP contribution in [0.1, 0.15) is 32.6 Å². The fourth-order valence-corrected chi connectivity index (χ4v) is 3.73. The Morgan fingerprint density at radius 3 is 2.62 bits per heavy atom. The zero-order valence-corrected chi connectivity index (χ0v) is 15.4. The summed E-state index contributed by atoms with van der Waals surface area (Å²) in [6.07, 6.45) is 3.43. The smallest absolute Gasteiger partial charge is 0.260 e. The Labute approximate surface area is 155 Å². The molecule has 0 aliphatic carbocycles. The van der Waals surface area contributed by atoms with E-state index >= 15 is 0 Å². The van der Waals surface area contributed by atoms with Gasteiger partial charge in [0.2, 0.25) is 5.91 Å². The third-order valence-electron chi connectivity index (χ3n) is 5.29. The molecule has 2 aliphatic rings. The molecule has 2 saturated heterocycles. The molecule has 142 valence electrons. The zero-order chi connectivity index (χ0) is 18.4. The fourth-order valence-electron chi connectivity index (χ4n) is 3.73. The first-order valence-corrected chi connectivity index (χ1v) is 9.61. The normalized spacial score (nSPS) is 24.1. The van der Waals surface area contributed by atoms with Crippen LogP contribution in [0.4, 0.5) is 0 Å². The molecule has 0 aromatic heterocycles. The maximum atomic E-state index is 12.5. The molecule has 6 heteroatoms. The Morgan fingerprint density at radius 2 is 1.92 bits per heavy atom. The summed E-state index contributed by atoms with van der Waals surface area (Å²) in [6.45, 7) is 4.41. The van der Waals surface area contributed by atoms with Crippen molar-refractivity contribution in [3.8, 4) is 5.75 Å². The second-order valence-electron chi connectivity index (χ2n) is 7.34. The van der Waals surface area contributed by atoms with E-state index in [1.165, 1.54) is 0 Å². The quantitative estimate of drug-likeness (QED) is 0.837. The molecule has 2 amide bonds. The lowest BCUT2D eigenvalue weighted by Crippen LogP contribution is -2.50. The van der Waals surface area contributed by atoms with Gasteiger partial charge in [0.05, 0.1) is 0 Å². The summed E-state index contributed by atoms with van der Waals surface area (Å²) < 4.78 is 5.53. The van der Waals surface area contributed by atoms with E-state index in [4.69, 9.17) is 4.74 Å². The highest BCUT2D eigenvalue weighted by Crippen LogP contribution is 2.19. The molecular formula is C20H29N3O3. The van der Waals surface area contributed by atoms with E-state index < -0.39 is 0 Å². The molecule has 0 bridgehead atoms. The van der Waals surface area contributed by atoms with Crippen molar-refractivity contribution in [3.05, 3.63) is 30.3 Å². The number of amides is 2.